The van der Waals surface area contributed by atoms with Gasteiger partial charge in [-0.3, -0.25) is 4.79 Å². The number of β-amino-alcohol motifs (C(OH)–C–C–N with tert-alkyl or cyclic N) is 1. The summed E-state index contributed by atoms with van der Waals surface area (Å²) in [5.41, 5.74) is 0.469. The third-order valence-electron chi connectivity index (χ3n) is 4.68. The smallest absolute Gasteiger partial charge is 0.284 e. The lowest BCUT2D eigenvalue weighted by molar-refractivity contribution is -0.130. The molecule has 1 aromatic rings. The van der Waals surface area contributed by atoms with Gasteiger partial charge in [0.05, 0.1) is 12.1 Å². The number of aromatic nitrogens is 1. The van der Waals surface area contributed by atoms with Crippen LogP contribution in [0.15, 0.2) is 23.4 Å². The average molecular weight is 383 g/mol. The summed E-state index contributed by atoms with van der Waals surface area (Å²) in [7, 11) is -4.17. The molecule has 2 rings (SSSR count). The third kappa shape index (κ3) is 4.61. The lowest BCUT2D eigenvalue weighted by Crippen LogP contribution is -2.52. The summed E-state index contributed by atoms with van der Waals surface area (Å²) in [6, 6.07) is 2.49. The molecule has 2 N–H and O–H groups in total. The van der Waals surface area contributed by atoms with Crippen LogP contribution in [0, 0.1) is 19.8 Å². The maximum atomic E-state index is 13.3. The largest absolute Gasteiger partial charge is 0.390 e. The van der Waals surface area contributed by atoms with Gasteiger partial charge >= 0.3 is 0 Å². The number of sulfonamides is 1. The summed E-state index contributed by atoms with van der Waals surface area (Å²) in [6.07, 6.45) is 2.10. The summed E-state index contributed by atoms with van der Waals surface area (Å²) in [6.45, 7) is 8.20. The highest BCUT2D eigenvalue weighted by atomic mass is 32.2. The molecule has 2 heterocycles. The van der Waals surface area contributed by atoms with Crippen LogP contribution in [-0.2, 0) is 14.8 Å². The number of aliphatic hydroxyl groups is 1. The Morgan fingerprint density at radius 1 is 1.54 bits per heavy atom. The molecule has 1 fully saturated rings. The van der Waals surface area contributed by atoms with Crippen molar-refractivity contribution >= 4 is 15.9 Å². The fourth-order valence-electron chi connectivity index (χ4n) is 3.11. The predicted octanol–water partition coefficient (Wildman–Crippen LogP) is 1.27. The van der Waals surface area contributed by atoms with Crippen molar-refractivity contribution in [2.75, 3.05) is 13.1 Å². The van der Waals surface area contributed by atoms with Crippen LogP contribution >= 0.6 is 0 Å². The first-order chi connectivity index (χ1) is 12.3. The second-order valence-electron chi connectivity index (χ2n) is 6.90. The zero-order valence-corrected chi connectivity index (χ0v) is 16.2. The van der Waals surface area contributed by atoms with Crippen LogP contribution in [-0.4, -0.2) is 54.0 Å². The normalized spacial score (nSPS) is 22.5. The third-order valence-corrected chi connectivity index (χ3v) is 6.59. The topological polar surface area (TPSA) is 99.6 Å². The second-order valence-corrected chi connectivity index (χ2v) is 8.63. The average Bonchev–Trinajstić information content (AvgIpc) is 2.80. The highest BCUT2D eigenvalue weighted by Crippen LogP contribution is 2.26. The molecule has 0 spiro atoms. The molecule has 1 aromatic heterocycles. The summed E-state index contributed by atoms with van der Waals surface area (Å²) in [5, 5.41) is 13.4. The molecule has 26 heavy (non-hydrogen) atoms. The number of hydrogen-bond acceptors (Lipinski definition) is 6. The van der Waals surface area contributed by atoms with E-state index in [2.05, 4.69) is 17.2 Å². The number of amides is 1. The lowest BCUT2D eigenvalue weighted by Gasteiger charge is -2.33. The van der Waals surface area contributed by atoms with Gasteiger partial charge in [-0.15, -0.1) is 0 Å². The molecule has 0 aliphatic carbocycles. The molecule has 1 radical (unpaired) electrons. The number of pyridine rings is 1. The number of rotatable bonds is 6. The molecular weight excluding hydrogens is 354 g/mol. The lowest BCUT2D eigenvalue weighted by atomic mass is 10.0. The number of carbonyl (C=O) groups excluding carboxylic acids is 1. The molecule has 145 valence electrons. The van der Waals surface area contributed by atoms with E-state index >= 15 is 0 Å². The van der Waals surface area contributed by atoms with Crippen molar-refractivity contribution in [1.82, 2.24) is 14.6 Å². The van der Waals surface area contributed by atoms with E-state index in [-0.39, 0.29) is 23.9 Å². The van der Waals surface area contributed by atoms with Crippen molar-refractivity contribution in [3.8, 4) is 0 Å². The zero-order chi connectivity index (χ0) is 19.3. The summed E-state index contributed by atoms with van der Waals surface area (Å²) in [5.74, 6) is -0.566. The molecule has 0 aromatic carbocycles. The Kier molecular flexibility index (Phi) is 7.14. The van der Waals surface area contributed by atoms with Gasteiger partial charge in [-0.25, -0.2) is 9.29 Å². The zero-order valence-electron chi connectivity index (χ0n) is 15.4. The minimum Gasteiger partial charge on any atom is -0.390 e. The first-order valence-corrected chi connectivity index (χ1v) is 10.4. The number of aryl methyl sites for hydroxylation is 1. The van der Waals surface area contributed by atoms with Crippen LogP contribution in [0.25, 0.3) is 0 Å². The van der Waals surface area contributed by atoms with Crippen molar-refractivity contribution < 1.29 is 18.3 Å². The van der Waals surface area contributed by atoms with Gasteiger partial charge in [-0.2, -0.15) is 8.42 Å². The highest BCUT2D eigenvalue weighted by Gasteiger charge is 2.40. The second kappa shape index (κ2) is 8.92. The molecule has 0 bridgehead atoms. The van der Waals surface area contributed by atoms with E-state index in [0.717, 1.165) is 4.31 Å². The minimum absolute atomic E-state index is 0.0499. The van der Waals surface area contributed by atoms with Gasteiger partial charge in [0.25, 0.3) is 10.0 Å². The Morgan fingerprint density at radius 3 is 2.92 bits per heavy atom. The van der Waals surface area contributed by atoms with Crippen LogP contribution < -0.4 is 5.32 Å². The Bertz CT molecular complexity index is 723. The number of carbonyl (C=O) groups is 1. The van der Waals surface area contributed by atoms with Crippen LogP contribution in [0.3, 0.4) is 0 Å². The Labute approximate surface area is 155 Å². The predicted molar refractivity (Wildman–Crippen MR) is 98.7 cm³/mol. The summed E-state index contributed by atoms with van der Waals surface area (Å²) in [4.78, 5) is 17.0. The standard InChI is InChI=1S/C18H28N3O4S/c1-4-13(2)11-17(23)21(15-8-6-9-19-12-16(15)22)26(24,25)18-14(3)7-5-10-20-18/h5,7,10,13,15-16,19,22H,1,4,6,8-9,11-12H2,2-3H3/t13-,15?,16?/m0/s1. The van der Waals surface area contributed by atoms with Crippen LogP contribution in [0.5, 0.6) is 0 Å². The summed E-state index contributed by atoms with van der Waals surface area (Å²) < 4.78 is 27.5. The molecule has 3 atom stereocenters. The van der Waals surface area contributed by atoms with E-state index in [4.69, 9.17) is 0 Å². The number of nitrogens with zero attached hydrogens (tertiary/aromatic N) is 2. The van der Waals surface area contributed by atoms with Gasteiger partial charge in [0, 0.05) is 19.2 Å². The summed E-state index contributed by atoms with van der Waals surface area (Å²) >= 11 is 0. The molecule has 2 unspecified atom stereocenters. The number of aliphatic hydroxyl groups excluding tert-OH is 1. The van der Waals surface area contributed by atoms with Crippen molar-refractivity contribution in [2.24, 2.45) is 5.92 Å². The molecule has 1 saturated heterocycles. The van der Waals surface area contributed by atoms with E-state index in [0.29, 0.717) is 31.4 Å². The SMILES string of the molecule is [CH2]C[C@H](C)CC(=O)N(C1CCCNCC1O)S(=O)(=O)c1ncccc1C. The maximum absolute atomic E-state index is 13.3. The maximum Gasteiger partial charge on any atom is 0.284 e. The van der Waals surface area contributed by atoms with Crippen LogP contribution in [0.1, 0.15) is 38.2 Å². The van der Waals surface area contributed by atoms with Crippen LogP contribution in [0.4, 0.5) is 0 Å². The van der Waals surface area contributed by atoms with Gasteiger partial charge in [-0.1, -0.05) is 26.3 Å². The van der Waals surface area contributed by atoms with Gasteiger partial charge < -0.3 is 10.4 Å². The van der Waals surface area contributed by atoms with Crippen molar-refractivity contribution in [2.45, 2.75) is 56.7 Å². The molecule has 7 nitrogen and oxygen atoms in total. The molecule has 1 aliphatic rings. The first kappa shape index (κ1) is 20.8. The quantitative estimate of drug-likeness (QED) is 0.769. The van der Waals surface area contributed by atoms with E-state index < -0.39 is 28.1 Å². The number of hydrogen-bond donors (Lipinski definition) is 2. The molecular formula is C18H28N3O4S. The van der Waals surface area contributed by atoms with Crippen molar-refractivity contribution in [1.29, 1.82) is 0 Å². The van der Waals surface area contributed by atoms with Gasteiger partial charge in [0.1, 0.15) is 0 Å². The van der Waals surface area contributed by atoms with Gasteiger partial charge in [0.15, 0.2) is 5.03 Å². The fraction of sp³-hybridized carbons (Fsp3) is 0.611. The Morgan fingerprint density at radius 2 is 2.27 bits per heavy atom. The molecule has 1 amide bonds. The van der Waals surface area contributed by atoms with E-state index in [1.54, 1.807) is 19.1 Å². The first-order valence-electron chi connectivity index (χ1n) is 8.96. The van der Waals surface area contributed by atoms with E-state index in [1.165, 1.54) is 6.20 Å². The Hall–Kier alpha value is -1.51. The number of nitrogens with one attached hydrogen (secondary N) is 1. The molecule has 0 saturated carbocycles. The van der Waals surface area contributed by atoms with E-state index in [1.807, 2.05) is 6.92 Å². The fourth-order valence-corrected chi connectivity index (χ4v) is 4.91. The monoisotopic (exact) mass is 382 g/mol. The Balaban J connectivity index is 2.48. The van der Waals surface area contributed by atoms with Gasteiger partial charge in [0.2, 0.25) is 5.91 Å². The van der Waals surface area contributed by atoms with E-state index in [9.17, 15) is 18.3 Å². The highest BCUT2D eigenvalue weighted by molar-refractivity contribution is 7.89. The van der Waals surface area contributed by atoms with Crippen LogP contribution in [0.2, 0.25) is 0 Å². The van der Waals surface area contributed by atoms with Gasteiger partial charge in [-0.05, 0) is 43.9 Å². The molecule has 1 aliphatic heterocycles. The molecule has 8 heteroatoms. The minimum atomic E-state index is -4.17. The van der Waals surface area contributed by atoms with Crippen molar-refractivity contribution in [3.63, 3.8) is 0 Å². The van der Waals surface area contributed by atoms with Crippen molar-refractivity contribution in [3.05, 3.63) is 30.8 Å².